The number of unbranched alkanes of at least 4 members (excludes halogenated alkanes) is 3. The molecule has 0 aromatic carbocycles. The highest BCUT2D eigenvalue weighted by atomic mass is 127. The highest BCUT2D eigenvalue weighted by molar-refractivity contribution is 14.0. The monoisotopic (exact) mass is 550 g/mol. The molecule has 0 saturated carbocycles. The van der Waals surface area contributed by atoms with Crippen LogP contribution < -0.4 is 22.1 Å². The molecule has 2 rings (SSSR count). The van der Waals surface area contributed by atoms with E-state index in [1.54, 1.807) is 0 Å². The first-order chi connectivity index (χ1) is 14.6. The van der Waals surface area contributed by atoms with Gasteiger partial charge in [0.05, 0.1) is 13.1 Å². The molecule has 182 valence electrons. The molecule has 31 heavy (non-hydrogen) atoms. The van der Waals surface area contributed by atoms with E-state index < -0.39 is 0 Å². The predicted octanol–water partition coefficient (Wildman–Crippen LogP) is 1.94. The number of nitrogens with one attached hydrogen (secondary N) is 2. The summed E-state index contributed by atoms with van der Waals surface area (Å²) in [5.74, 6) is 1.18. The first-order valence-corrected chi connectivity index (χ1v) is 12.2. The van der Waals surface area contributed by atoms with Gasteiger partial charge in [-0.3, -0.25) is 19.8 Å². The van der Waals surface area contributed by atoms with Crippen molar-refractivity contribution >= 4 is 35.9 Å². The minimum absolute atomic E-state index is 0. The van der Waals surface area contributed by atoms with Gasteiger partial charge in [0.1, 0.15) is 0 Å². The van der Waals surface area contributed by atoms with Crippen molar-refractivity contribution in [2.75, 3.05) is 52.4 Å². The molecular formula is C22H47IN8. The van der Waals surface area contributed by atoms with E-state index in [-0.39, 0.29) is 24.0 Å². The minimum atomic E-state index is 0. The maximum Gasteiger partial charge on any atom is 0.188 e. The average molecular weight is 551 g/mol. The first-order valence-electron chi connectivity index (χ1n) is 12.2. The van der Waals surface area contributed by atoms with E-state index in [9.17, 15) is 0 Å². The number of aliphatic imine (C=N–C) groups is 2. The van der Waals surface area contributed by atoms with E-state index in [1.165, 1.54) is 51.6 Å². The van der Waals surface area contributed by atoms with Gasteiger partial charge in [-0.25, -0.2) is 0 Å². The van der Waals surface area contributed by atoms with E-state index in [2.05, 4.69) is 44.3 Å². The molecule has 2 heterocycles. The number of hydrogen-bond acceptors (Lipinski definition) is 4. The second-order valence-corrected chi connectivity index (χ2v) is 8.57. The largest absolute Gasteiger partial charge is 0.370 e. The molecular weight excluding hydrogens is 503 g/mol. The molecule has 0 aliphatic carbocycles. The van der Waals surface area contributed by atoms with Gasteiger partial charge in [0, 0.05) is 25.2 Å². The lowest BCUT2D eigenvalue weighted by atomic mass is 10.2. The number of halogens is 1. The van der Waals surface area contributed by atoms with Gasteiger partial charge in [-0.15, -0.1) is 24.0 Å². The third-order valence-electron chi connectivity index (χ3n) is 6.47. The molecule has 8 nitrogen and oxygen atoms in total. The summed E-state index contributed by atoms with van der Waals surface area (Å²) in [5, 5.41) is 6.50. The smallest absolute Gasteiger partial charge is 0.188 e. The quantitative estimate of drug-likeness (QED) is 0.121. The van der Waals surface area contributed by atoms with Gasteiger partial charge in [-0.2, -0.15) is 0 Å². The third kappa shape index (κ3) is 11.1. The van der Waals surface area contributed by atoms with Gasteiger partial charge in [-0.05, 0) is 64.7 Å². The topological polar surface area (TPSA) is 107 Å². The zero-order valence-electron chi connectivity index (χ0n) is 19.8. The Morgan fingerprint density at radius 1 is 0.774 bits per heavy atom. The molecule has 0 bridgehead atoms. The molecule has 2 aliphatic heterocycles. The van der Waals surface area contributed by atoms with E-state index in [0.29, 0.717) is 24.0 Å². The van der Waals surface area contributed by atoms with Crippen molar-refractivity contribution in [2.45, 2.75) is 77.3 Å². The van der Waals surface area contributed by atoms with E-state index in [1.807, 2.05) is 0 Å². The highest BCUT2D eigenvalue weighted by Gasteiger charge is 2.23. The van der Waals surface area contributed by atoms with Crippen LogP contribution in [0.2, 0.25) is 0 Å². The molecule has 0 radical (unpaired) electrons. The van der Waals surface area contributed by atoms with Crippen LogP contribution in [0.3, 0.4) is 0 Å². The van der Waals surface area contributed by atoms with Gasteiger partial charge in [0.2, 0.25) is 0 Å². The summed E-state index contributed by atoms with van der Waals surface area (Å²) in [7, 11) is 0. The fourth-order valence-corrected chi connectivity index (χ4v) is 4.59. The van der Waals surface area contributed by atoms with Crippen LogP contribution in [0.25, 0.3) is 0 Å². The van der Waals surface area contributed by atoms with Gasteiger partial charge in [0.15, 0.2) is 11.9 Å². The van der Waals surface area contributed by atoms with Crippen molar-refractivity contribution in [1.29, 1.82) is 0 Å². The summed E-state index contributed by atoms with van der Waals surface area (Å²) in [6, 6.07) is 1.14. The van der Waals surface area contributed by atoms with Crippen LogP contribution in [0, 0.1) is 0 Å². The molecule has 0 spiro atoms. The number of likely N-dealkylation sites (tertiary alicyclic amines) is 2. The summed E-state index contributed by atoms with van der Waals surface area (Å²) in [6.07, 6.45) is 9.63. The maximum absolute atomic E-state index is 6.01. The van der Waals surface area contributed by atoms with Crippen LogP contribution in [-0.4, -0.2) is 86.2 Å². The van der Waals surface area contributed by atoms with E-state index in [4.69, 9.17) is 11.5 Å². The second-order valence-electron chi connectivity index (χ2n) is 8.57. The van der Waals surface area contributed by atoms with Crippen molar-refractivity contribution in [2.24, 2.45) is 21.5 Å². The lowest BCUT2D eigenvalue weighted by Crippen LogP contribution is -2.36. The Labute approximate surface area is 207 Å². The Morgan fingerprint density at radius 3 is 1.58 bits per heavy atom. The van der Waals surface area contributed by atoms with Gasteiger partial charge >= 0.3 is 0 Å². The number of likely N-dealkylation sites (N-methyl/N-ethyl adjacent to an activating group) is 2. The fourth-order valence-electron chi connectivity index (χ4n) is 4.59. The molecule has 2 unspecified atom stereocenters. The molecule has 2 fully saturated rings. The highest BCUT2D eigenvalue weighted by Crippen LogP contribution is 2.17. The Kier molecular flexibility index (Phi) is 15.3. The number of guanidine groups is 2. The van der Waals surface area contributed by atoms with Crippen LogP contribution in [0.1, 0.15) is 65.2 Å². The Morgan fingerprint density at radius 2 is 1.19 bits per heavy atom. The van der Waals surface area contributed by atoms with Crippen LogP contribution >= 0.6 is 24.0 Å². The number of nitrogens with zero attached hydrogens (tertiary/aromatic N) is 4. The summed E-state index contributed by atoms with van der Waals surface area (Å²) in [6.45, 7) is 12.5. The number of rotatable bonds is 13. The molecule has 0 amide bonds. The normalized spacial score (nSPS) is 23.2. The van der Waals surface area contributed by atoms with Crippen molar-refractivity contribution in [3.05, 3.63) is 0 Å². The molecule has 9 heteroatoms. The minimum Gasteiger partial charge on any atom is -0.370 e. The molecule has 6 N–H and O–H groups in total. The predicted molar refractivity (Wildman–Crippen MR) is 143 cm³/mol. The lowest BCUT2D eigenvalue weighted by molar-refractivity contribution is 0.273. The SMILES string of the molecule is CCN1CCCC1CN=C(N)NCCCCCCNC(N)=NCC1CCCN1CC.I. The van der Waals surface area contributed by atoms with Gasteiger partial charge < -0.3 is 22.1 Å². The van der Waals surface area contributed by atoms with Gasteiger partial charge in [0.25, 0.3) is 0 Å². The third-order valence-corrected chi connectivity index (χ3v) is 6.47. The van der Waals surface area contributed by atoms with Crippen LogP contribution in [0.4, 0.5) is 0 Å². The first kappa shape index (κ1) is 28.2. The van der Waals surface area contributed by atoms with Crippen LogP contribution in [0.5, 0.6) is 0 Å². The zero-order chi connectivity index (χ0) is 21.6. The van der Waals surface area contributed by atoms with Crippen molar-refractivity contribution in [3.8, 4) is 0 Å². The van der Waals surface area contributed by atoms with Crippen molar-refractivity contribution in [3.63, 3.8) is 0 Å². The Hall–Kier alpha value is -0.810. The standard InChI is InChI=1S/C22H46N8.HI/c1-3-29-15-9-11-19(29)17-27-21(23)25-13-7-5-6-8-14-26-22(24)28-18-20-12-10-16-30(20)4-2;/h19-20H,3-18H2,1-2H3,(H3,23,25,27)(H3,24,26,28);1H. The maximum atomic E-state index is 6.01. The molecule has 0 aromatic heterocycles. The second kappa shape index (κ2) is 16.8. The summed E-state index contributed by atoms with van der Waals surface area (Å²) >= 11 is 0. The van der Waals surface area contributed by atoms with Crippen LogP contribution in [0.15, 0.2) is 9.98 Å². The average Bonchev–Trinajstić information content (AvgIpc) is 3.41. The Balaban J connectivity index is 0.00000480. The lowest BCUT2D eigenvalue weighted by Gasteiger charge is -2.21. The van der Waals surface area contributed by atoms with Gasteiger partial charge in [-0.1, -0.05) is 26.7 Å². The Bertz CT molecular complexity index is 482. The number of hydrogen-bond donors (Lipinski definition) is 4. The fraction of sp³-hybridized carbons (Fsp3) is 0.909. The molecule has 0 aromatic rings. The van der Waals surface area contributed by atoms with Crippen molar-refractivity contribution in [1.82, 2.24) is 20.4 Å². The number of nitrogens with two attached hydrogens (primary N) is 2. The summed E-state index contributed by atoms with van der Waals surface area (Å²) in [5.41, 5.74) is 12.0. The van der Waals surface area contributed by atoms with Crippen molar-refractivity contribution < 1.29 is 0 Å². The molecule has 2 atom stereocenters. The van der Waals surface area contributed by atoms with E-state index >= 15 is 0 Å². The zero-order valence-corrected chi connectivity index (χ0v) is 22.2. The summed E-state index contributed by atoms with van der Waals surface area (Å²) < 4.78 is 0. The van der Waals surface area contributed by atoms with Crippen LogP contribution in [-0.2, 0) is 0 Å². The van der Waals surface area contributed by atoms with E-state index in [0.717, 1.165) is 52.1 Å². The molecule has 2 aliphatic rings. The molecule has 2 saturated heterocycles. The summed E-state index contributed by atoms with van der Waals surface area (Å²) in [4.78, 5) is 14.1.